The molecule has 0 aliphatic carbocycles. The van der Waals surface area contributed by atoms with Gasteiger partial charge in [0, 0.05) is 11.6 Å². The highest BCUT2D eigenvalue weighted by molar-refractivity contribution is 5.34. The predicted molar refractivity (Wildman–Crippen MR) is 74.5 cm³/mol. The molecule has 0 aromatic heterocycles. The van der Waals surface area contributed by atoms with E-state index in [0.29, 0.717) is 16.9 Å². The molecule has 4 heteroatoms. The van der Waals surface area contributed by atoms with Crippen LogP contribution in [0.2, 0.25) is 0 Å². The van der Waals surface area contributed by atoms with Crippen LogP contribution in [-0.4, -0.2) is 0 Å². The van der Waals surface area contributed by atoms with E-state index in [1.807, 2.05) is 31.2 Å². The second-order valence-corrected chi connectivity index (χ2v) is 4.57. The first-order valence-corrected chi connectivity index (χ1v) is 6.27. The third-order valence-electron chi connectivity index (χ3n) is 2.96. The zero-order valence-electron chi connectivity index (χ0n) is 11.1. The van der Waals surface area contributed by atoms with Crippen LogP contribution >= 0.6 is 0 Å². The number of benzene rings is 2. The van der Waals surface area contributed by atoms with E-state index in [9.17, 15) is 4.39 Å². The molecular weight excluding hydrogens is 255 g/mol. The molecule has 20 heavy (non-hydrogen) atoms. The van der Waals surface area contributed by atoms with E-state index in [1.54, 1.807) is 18.2 Å². The fourth-order valence-electron chi connectivity index (χ4n) is 1.78. The van der Waals surface area contributed by atoms with Crippen molar-refractivity contribution in [2.45, 2.75) is 19.6 Å². The van der Waals surface area contributed by atoms with Crippen LogP contribution in [0, 0.1) is 17.1 Å². The number of ether oxygens (including phenoxy) is 1. The zero-order valence-corrected chi connectivity index (χ0v) is 11.1. The second kappa shape index (κ2) is 6.18. The summed E-state index contributed by atoms with van der Waals surface area (Å²) in [5.74, 6) is 0.205. The van der Waals surface area contributed by atoms with Crippen molar-refractivity contribution in [1.82, 2.24) is 0 Å². The number of hydrogen-bond donors (Lipinski definition) is 1. The molecule has 0 radical (unpaired) electrons. The summed E-state index contributed by atoms with van der Waals surface area (Å²) in [5, 5.41) is 8.68. The Morgan fingerprint density at radius 2 is 2.10 bits per heavy atom. The Morgan fingerprint density at radius 3 is 2.75 bits per heavy atom. The van der Waals surface area contributed by atoms with Crippen LogP contribution in [0.4, 0.5) is 4.39 Å². The smallest absolute Gasteiger partial charge is 0.131 e. The summed E-state index contributed by atoms with van der Waals surface area (Å²) in [6, 6.07) is 13.6. The molecule has 0 fully saturated rings. The van der Waals surface area contributed by atoms with Gasteiger partial charge in [0.25, 0.3) is 0 Å². The molecule has 1 atom stereocenters. The SMILES string of the molecule is C[C@@H](N)c1cccc(OCc2ccc(C#N)cc2F)c1. The van der Waals surface area contributed by atoms with Crippen molar-refractivity contribution in [2.75, 3.05) is 0 Å². The molecule has 0 aliphatic heterocycles. The maximum Gasteiger partial charge on any atom is 0.131 e. The Kier molecular flexibility index (Phi) is 4.34. The van der Waals surface area contributed by atoms with Crippen molar-refractivity contribution in [3.8, 4) is 11.8 Å². The van der Waals surface area contributed by atoms with Crippen molar-refractivity contribution in [2.24, 2.45) is 5.73 Å². The average molecular weight is 270 g/mol. The zero-order chi connectivity index (χ0) is 14.5. The largest absolute Gasteiger partial charge is 0.489 e. The first kappa shape index (κ1) is 14.0. The minimum Gasteiger partial charge on any atom is -0.489 e. The van der Waals surface area contributed by atoms with Gasteiger partial charge in [0.2, 0.25) is 0 Å². The number of nitrogens with two attached hydrogens (primary N) is 1. The third-order valence-corrected chi connectivity index (χ3v) is 2.96. The number of hydrogen-bond acceptors (Lipinski definition) is 3. The van der Waals surface area contributed by atoms with Crippen molar-refractivity contribution in [1.29, 1.82) is 5.26 Å². The molecule has 0 saturated carbocycles. The van der Waals surface area contributed by atoms with Crippen molar-refractivity contribution < 1.29 is 9.13 Å². The number of halogens is 1. The lowest BCUT2D eigenvalue weighted by Crippen LogP contribution is -2.05. The highest BCUT2D eigenvalue weighted by Crippen LogP contribution is 2.19. The Labute approximate surface area is 117 Å². The van der Waals surface area contributed by atoms with Crippen molar-refractivity contribution in [3.63, 3.8) is 0 Å². The van der Waals surface area contributed by atoms with E-state index in [1.165, 1.54) is 6.07 Å². The summed E-state index contributed by atoms with van der Waals surface area (Å²) < 4.78 is 19.3. The lowest BCUT2D eigenvalue weighted by Gasteiger charge is -2.10. The van der Waals surface area contributed by atoms with Crippen molar-refractivity contribution in [3.05, 3.63) is 65.0 Å². The number of nitriles is 1. The van der Waals surface area contributed by atoms with Crippen LogP contribution in [0.1, 0.15) is 29.7 Å². The Morgan fingerprint density at radius 1 is 1.30 bits per heavy atom. The van der Waals surface area contributed by atoms with Crippen LogP contribution in [0.15, 0.2) is 42.5 Å². The summed E-state index contributed by atoms with van der Waals surface area (Å²) in [6.07, 6.45) is 0. The summed E-state index contributed by atoms with van der Waals surface area (Å²) in [7, 11) is 0. The molecule has 3 nitrogen and oxygen atoms in total. The first-order chi connectivity index (χ1) is 9.60. The standard InChI is InChI=1S/C16H15FN2O/c1-11(19)13-3-2-4-15(8-13)20-10-14-6-5-12(9-18)7-16(14)17/h2-8,11H,10,19H2,1H3/t11-/m1/s1. The molecule has 2 aromatic rings. The molecule has 0 heterocycles. The van der Waals surface area contributed by atoms with Gasteiger partial charge in [-0.2, -0.15) is 5.26 Å². The van der Waals surface area contributed by atoms with E-state index in [4.69, 9.17) is 15.7 Å². The molecule has 0 amide bonds. The molecule has 0 spiro atoms. The number of rotatable bonds is 4. The topological polar surface area (TPSA) is 59.0 Å². The minimum atomic E-state index is -0.438. The van der Waals surface area contributed by atoms with Crippen LogP contribution < -0.4 is 10.5 Å². The van der Waals surface area contributed by atoms with Crippen LogP contribution in [-0.2, 0) is 6.61 Å². The van der Waals surface area contributed by atoms with Crippen LogP contribution in [0.25, 0.3) is 0 Å². The van der Waals surface area contributed by atoms with Gasteiger partial charge in [0.05, 0.1) is 11.6 Å². The lowest BCUT2D eigenvalue weighted by molar-refractivity contribution is 0.299. The van der Waals surface area contributed by atoms with Gasteiger partial charge in [-0.3, -0.25) is 0 Å². The lowest BCUT2D eigenvalue weighted by atomic mass is 10.1. The number of nitrogens with zero attached hydrogens (tertiary/aromatic N) is 1. The molecular formula is C16H15FN2O. The minimum absolute atomic E-state index is 0.0785. The second-order valence-electron chi connectivity index (χ2n) is 4.57. The van der Waals surface area contributed by atoms with E-state index in [0.717, 1.165) is 5.56 Å². The first-order valence-electron chi connectivity index (χ1n) is 6.27. The van der Waals surface area contributed by atoms with Gasteiger partial charge in [-0.05, 0) is 36.8 Å². The van der Waals surface area contributed by atoms with Gasteiger partial charge >= 0.3 is 0 Å². The fourth-order valence-corrected chi connectivity index (χ4v) is 1.78. The maximum absolute atomic E-state index is 13.7. The maximum atomic E-state index is 13.7. The Bertz CT molecular complexity index is 647. The monoisotopic (exact) mass is 270 g/mol. The third kappa shape index (κ3) is 3.34. The van der Waals surface area contributed by atoms with Gasteiger partial charge in [-0.25, -0.2) is 4.39 Å². The normalized spacial score (nSPS) is 11.7. The molecule has 0 unspecified atom stereocenters. The molecule has 2 rings (SSSR count). The van der Waals surface area contributed by atoms with E-state index in [-0.39, 0.29) is 12.6 Å². The van der Waals surface area contributed by atoms with Gasteiger partial charge in [0.1, 0.15) is 18.2 Å². The van der Waals surface area contributed by atoms with Crippen molar-refractivity contribution >= 4 is 0 Å². The molecule has 2 aromatic carbocycles. The summed E-state index contributed by atoms with van der Waals surface area (Å²) in [4.78, 5) is 0. The van der Waals surface area contributed by atoms with E-state index >= 15 is 0 Å². The average Bonchev–Trinajstić information content (AvgIpc) is 2.46. The van der Waals surface area contributed by atoms with Gasteiger partial charge in [-0.1, -0.05) is 18.2 Å². The molecule has 0 bridgehead atoms. The molecule has 102 valence electrons. The molecule has 2 N–H and O–H groups in total. The van der Waals surface area contributed by atoms with Crippen LogP contribution in [0.5, 0.6) is 5.75 Å². The quantitative estimate of drug-likeness (QED) is 0.927. The highest BCUT2D eigenvalue weighted by atomic mass is 19.1. The van der Waals surface area contributed by atoms with Gasteiger partial charge in [0.15, 0.2) is 0 Å². The van der Waals surface area contributed by atoms with Crippen LogP contribution in [0.3, 0.4) is 0 Å². The molecule has 0 saturated heterocycles. The molecule has 0 aliphatic rings. The fraction of sp³-hybridized carbons (Fsp3) is 0.188. The van der Waals surface area contributed by atoms with Gasteiger partial charge < -0.3 is 10.5 Å². The summed E-state index contributed by atoms with van der Waals surface area (Å²) in [5.41, 5.74) is 7.47. The van der Waals surface area contributed by atoms with E-state index in [2.05, 4.69) is 0 Å². The highest BCUT2D eigenvalue weighted by Gasteiger charge is 2.06. The summed E-state index contributed by atoms with van der Waals surface area (Å²) in [6.45, 7) is 2.00. The van der Waals surface area contributed by atoms with Gasteiger partial charge in [-0.15, -0.1) is 0 Å². The predicted octanol–water partition coefficient (Wildman–Crippen LogP) is 3.30. The Hall–Kier alpha value is -2.38. The Balaban J connectivity index is 2.09. The van der Waals surface area contributed by atoms with E-state index < -0.39 is 5.82 Å². The summed E-state index contributed by atoms with van der Waals surface area (Å²) >= 11 is 0.